The Bertz CT molecular complexity index is 516. The van der Waals surface area contributed by atoms with Gasteiger partial charge in [-0.25, -0.2) is 0 Å². The first kappa shape index (κ1) is 14.4. The van der Waals surface area contributed by atoms with Crippen LogP contribution in [0, 0.1) is 0 Å². The van der Waals surface area contributed by atoms with E-state index >= 15 is 0 Å². The minimum Gasteiger partial charge on any atom is -0.493 e. The maximum Gasteiger partial charge on any atom is 0.227 e. The highest BCUT2D eigenvalue weighted by Gasteiger charge is 2.28. The quantitative estimate of drug-likeness (QED) is 0.835. The summed E-state index contributed by atoms with van der Waals surface area (Å²) in [5.74, 6) is 1.27. The lowest BCUT2D eigenvalue weighted by Gasteiger charge is -2.39. The molecule has 0 aliphatic carbocycles. The van der Waals surface area contributed by atoms with Gasteiger partial charge in [0.1, 0.15) is 5.75 Å². The molecule has 1 amide bonds. The van der Waals surface area contributed by atoms with Crippen molar-refractivity contribution in [2.45, 2.75) is 64.5 Å². The third kappa shape index (κ3) is 3.07. The number of ether oxygens (including phenoxy) is 1. The van der Waals surface area contributed by atoms with E-state index in [1.165, 1.54) is 12.0 Å². The Hall–Kier alpha value is -1.51. The van der Waals surface area contributed by atoms with E-state index in [-0.39, 0.29) is 5.91 Å². The van der Waals surface area contributed by atoms with Gasteiger partial charge in [0, 0.05) is 12.1 Å². The molecule has 3 nitrogen and oxygen atoms in total. The molecule has 3 heteroatoms. The van der Waals surface area contributed by atoms with Crippen molar-refractivity contribution in [3.8, 4) is 5.75 Å². The van der Waals surface area contributed by atoms with Crippen molar-refractivity contribution in [3.63, 3.8) is 0 Å². The van der Waals surface area contributed by atoms with Gasteiger partial charge in [0.15, 0.2) is 0 Å². The predicted octanol–water partition coefficient (Wildman–Crippen LogP) is 3.34. The van der Waals surface area contributed by atoms with Crippen LogP contribution in [-0.4, -0.2) is 29.5 Å². The number of hydrogen-bond donors (Lipinski definition) is 0. The summed E-state index contributed by atoms with van der Waals surface area (Å²) in [5.41, 5.74) is 2.38. The number of piperidine rings is 1. The van der Waals surface area contributed by atoms with Gasteiger partial charge in [0.25, 0.3) is 0 Å². The topological polar surface area (TPSA) is 29.5 Å². The molecule has 1 saturated heterocycles. The summed E-state index contributed by atoms with van der Waals surface area (Å²) in [6.07, 6.45) is 6.16. The van der Waals surface area contributed by atoms with Gasteiger partial charge in [-0.1, -0.05) is 12.1 Å². The lowest BCUT2D eigenvalue weighted by atomic mass is 9.96. The normalized spacial score (nSPS) is 25.1. The molecule has 2 atom stereocenters. The Morgan fingerprint density at radius 1 is 1.24 bits per heavy atom. The summed E-state index contributed by atoms with van der Waals surface area (Å²) in [5, 5.41) is 0. The minimum absolute atomic E-state index is 0.270. The molecular weight excluding hydrogens is 262 g/mol. The summed E-state index contributed by atoms with van der Waals surface area (Å²) in [7, 11) is 0. The van der Waals surface area contributed by atoms with E-state index in [9.17, 15) is 4.79 Å². The SMILES string of the molecule is CC1CCCC(C)N1C(=O)Cc1ccc2c(c1)CCCO2. The molecule has 1 aromatic carbocycles. The lowest BCUT2D eigenvalue weighted by Crippen LogP contribution is -2.48. The van der Waals surface area contributed by atoms with Crippen LogP contribution in [0.15, 0.2) is 18.2 Å². The number of carbonyl (C=O) groups excluding carboxylic acids is 1. The Kier molecular flexibility index (Phi) is 4.18. The van der Waals surface area contributed by atoms with E-state index in [1.54, 1.807) is 0 Å². The number of carbonyl (C=O) groups is 1. The second kappa shape index (κ2) is 6.08. The second-order valence-electron chi connectivity index (χ2n) is 6.50. The number of nitrogens with zero attached hydrogens (tertiary/aromatic N) is 1. The van der Waals surface area contributed by atoms with Gasteiger partial charge in [-0.15, -0.1) is 0 Å². The number of likely N-dealkylation sites (tertiary alicyclic amines) is 1. The van der Waals surface area contributed by atoms with Crippen LogP contribution >= 0.6 is 0 Å². The van der Waals surface area contributed by atoms with Gasteiger partial charge in [-0.2, -0.15) is 0 Å². The third-order valence-corrected chi connectivity index (χ3v) is 4.81. The molecule has 114 valence electrons. The number of fused-ring (bicyclic) bond motifs is 1. The van der Waals surface area contributed by atoms with Gasteiger partial charge in [0.2, 0.25) is 5.91 Å². The van der Waals surface area contributed by atoms with Crippen LogP contribution in [0.2, 0.25) is 0 Å². The molecular formula is C18H25NO2. The monoisotopic (exact) mass is 287 g/mol. The molecule has 2 unspecified atom stereocenters. The van der Waals surface area contributed by atoms with Crippen molar-refractivity contribution in [2.75, 3.05) is 6.61 Å². The van der Waals surface area contributed by atoms with Crippen LogP contribution in [-0.2, 0) is 17.6 Å². The van der Waals surface area contributed by atoms with E-state index < -0.39 is 0 Å². The molecule has 0 radical (unpaired) electrons. The average molecular weight is 287 g/mol. The second-order valence-corrected chi connectivity index (χ2v) is 6.50. The van der Waals surface area contributed by atoms with E-state index in [0.717, 1.165) is 43.6 Å². The molecule has 1 fully saturated rings. The van der Waals surface area contributed by atoms with Crippen molar-refractivity contribution in [2.24, 2.45) is 0 Å². The van der Waals surface area contributed by atoms with Crippen molar-refractivity contribution in [3.05, 3.63) is 29.3 Å². The van der Waals surface area contributed by atoms with Crippen LogP contribution in [0.5, 0.6) is 5.75 Å². The van der Waals surface area contributed by atoms with E-state index in [0.29, 0.717) is 18.5 Å². The van der Waals surface area contributed by atoms with Gasteiger partial charge < -0.3 is 9.64 Å². The van der Waals surface area contributed by atoms with Crippen LogP contribution in [0.4, 0.5) is 0 Å². The van der Waals surface area contributed by atoms with Crippen molar-refractivity contribution in [1.29, 1.82) is 0 Å². The smallest absolute Gasteiger partial charge is 0.227 e. The summed E-state index contributed by atoms with van der Waals surface area (Å²) in [6, 6.07) is 6.98. The van der Waals surface area contributed by atoms with Crippen LogP contribution in [0.25, 0.3) is 0 Å². The zero-order valence-corrected chi connectivity index (χ0v) is 13.1. The fraction of sp³-hybridized carbons (Fsp3) is 0.611. The summed E-state index contributed by atoms with van der Waals surface area (Å²) < 4.78 is 5.64. The fourth-order valence-electron chi connectivity index (χ4n) is 3.70. The van der Waals surface area contributed by atoms with Gasteiger partial charge >= 0.3 is 0 Å². The first-order valence-electron chi connectivity index (χ1n) is 8.21. The molecule has 21 heavy (non-hydrogen) atoms. The molecule has 3 rings (SSSR count). The molecule has 0 spiro atoms. The summed E-state index contributed by atoms with van der Waals surface area (Å²) in [6.45, 7) is 5.16. The molecule has 0 saturated carbocycles. The number of rotatable bonds is 2. The van der Waals surface area contributed by atoms with E-state index in [4.69, 9.17) is 4.74 Å². The molecule has 0 bridgehead atoms. The molecule has 1 aromatic rings. The molecule has 0 N–H and O–H groups in total. The highest BCUT2D eigenvalue weighted by Crippen LogP contribution is 2.27. The van der Waals surface area contributed by atoms with Crippen LogP contribution in [0.3, 0.4) is 0 Å². The van der Waals surface area contributed by atoms with E-state index in [2.05, 4.69) is 24.8 Å². The third-order valence-electron chi connectivity index (χ3n) is 4.81. The lowest BCUT2D eigenvalue weighted by molar-refractivity contribution is -0.136. The van der Waals surface area contributed by atoms with Gasteiger partial charge in [-0.05, 0) is 63.1 Å². The standard InChI is InChI=1S/C18H25NO2/c1-13-5-3-6-14(2)19(13)18(20)12-15-8-9-17-16(11-15)7-4-10-21-17/h8-9,11,13-14H,3-7,10,12H2,1-2H3. The Morgan fingerprint density at radius 2 is 2.00 bits per heavy atom. The predicted molar refractivity (Wildman–Crippen MR) is 83.6 cm³/mol. The maximum atomic E-state index is 12.7. The Balaban J connectivity index is 1.72. The highest BCUT2D eigenvalue weighted by molar-refractivity contribution is 5.79. The van der Waals surface area contributed by atoms with Gasteiger partial charge in [0.05, 0.1) is 13.0 Å². The van der Waals surface area contributed by atoms with Gasteiger partial charge in [-0.3, -0.25) is 4.79 Å². The van der Waals surface area contributed by atoms with Crippen LogP contribution in [0.1, 0.15) is 50.7 Å². The number of aryl methyl sites for hydroxylation is 1. The molecule has 2 aliphatic heterocycles. The summed E-state index contributed by atoms with van der Waals surface area (Å²) in [4.78, 5) is 14.7. The Morgan fingerprint density at radius 3 is 2.76 bits per heavy atom. The zero-order valence-electron chi connectivity index (χ0n) is 13.1. The minimum atomic E-state index is 0.270. The fourth-order valence-corrected chi connectivity index (χ4v) is 3.70. The first-order chi connectivity index (χ1) is 10.1. The molecule has 2 aliphatic rings. The zero-order chi connectivity index (χ0) is 14.8. The van der Waals surface area contributed by atoms with Crippen LogP contribution < -0.4 is 4.74 Å². The maximum absolute atomic E-state index is 12.7. The largest absolute Gasteiger partial charge is 0.493 e. The molecule has 0 aromatic heterocycles. The van der Waals surface area contributed by atoms with Crippen molar-refractivity contribution in [1.82, 2.24) is 4.90 Å². The number of benzene rings is 1. The first-order valence-corrected chi connectivity index (χ1v) is 8.21. The van der Waals surface area contributed by atoms with Crippen molar-refractivity contribution >= 4 is 5.91 Å². The Labute approximate surface area is 127 Å². The van der Waals surface area contributed by atoms with Crippen molar-refractivity contribution < 1.29 is 9.53 Å². The number of amides is 1. The molecule has 2 heterocycles. The van der Waals surface area contributed by atoms with E-state index in [1.807, 2.05) is 12.1 Å². The highest BCUT2D eigenvalue weighted by atomic mass is 16.5. The summed E-state index contributed by atoms with van der Waals surface area (Å²) >= 11 is 0. The number of hydrogen-bond acceptors (Lipinski definition) is 2. The average Bonchev–Trinajstić information content (AvgIpc) is 2.47.